The molecule has 0 unspecified atom stereocenters. The number of phenols is 1. The van der Waals surface area contributed by atoms with Crippen LogP contribution in [0.2, 0.25) is 0 Å². The highest BCUT2D eigenvalue weighted by Gasteiger charge is 2.23. The van der Waals surface area contributed by atoms with Gasteiger partial charge in [-0.2, -0.15) is 0 Å². The molecule has 2 N–H and O–H groups in total. The smallest absolute Gasteiger partial charge is 0.322 e. The van der Waals surface area contributed by atoms with E-state index in [-0.39, 0.29) is 11.4 Å². The van der Waals surface area contributed by atoms with Gasteiger partial charge in [-0.3, -0.25) is 0 Å². The molecule has 1 saturated heterocycles. The van der Waals surface area contributed by atoms with Gasteiger partial charge in [0.05, 0.1) is 11.4 Å². The number of urea groups is 1. The first-order valence-electron chi connectivity index (χ1n) is 7.58. The average molecular weight is 333 g/mol. The number of carbonyl (C=O) groups is 1. The Balaban J connectivity index is 1.60. The Morgan fingerprint density at radius 1 is 1.04 bits per heavy atom. The second-order valence-electron chi connectivity index (χ2n) is 5.52. The predicted octanol–water partition coefficient (Wildman–Crippen LogP) is 3.02. The molecule has 0 radical (unpaired) electrons. The van der Waals surface area contributed by atoms with Crippen LogP contribution in [0.1, 0.15) is 0 Å². The number of hydrogen-bond acceptors (Lipinski definition) is 3. The lowest BCUT2D eigenvalue weighted by molar-refractivity contribution is 0.208. The normalized spacial score (nSPS) is 14.6. The Kier molecular flexibility index (Phi) is 4.50. The van der Waals surface area contributed by atoms with Crippen LogP contribution in [-0.2, 0) is 0 Å². The number of hydrogen-bond donors (Lipinski definition) is 2. The molecule has 0 aromatic heterocycles. The molecule has 5 nitrogen and oxygen atoms in total. The monoisotopic (exact) mass is 333 g/mol. The third-order valence-corrected chi connectivity index (χ3v) is 3.96. The summed E-state index contributed by atoms with van der Waals surface area (Å²) >= 11 is 0. The highest BCUT2D eigenvalue weighted by atomic mass is 19.1. The average Bonchev–Trinajstić information content (AvgIpc) is 2.58. The second-order valence-corrected chi connectivity index (χ2v) is 5.52. The zero-order valence-electron chi connectivity index (χ0n) is 12.9. The van der Waals surface area contributed by atoms with Crippen LogP contribution in [0.4, 0.5) is 25.0 Å². The standard InChI is InChI=1S/C17H17F2N3O2/c18-12-5-6-14(13(19)11-12)20-17(24)22-9-7-21(8-10-22)15-3-1-2-4-16(15)23/h1-6,11,23H,7-10H2,(H,20,24). The van der Waals surface area contributed by atoms with Gasteiger partial charge in [0.25, 0.3) is 0 Å². The van der Waals surface area contributed by atoms with E-state index in [4.69, 9.17) is 0 Å². The molecule has 24 heavy (non-hydrogen) atoms. The van der Waals surface area contributed by atoms with E-state index in [2.05, 4.69) is 5.32 Å². The van der Waals surface area contributed by atoms with E-state index in [0.717, 1.165) is 17.8 Å². The van der Waals surface area contributed by atoms with E-state index in [1.165, 1.54) is 6.07 Å². The molecular weight excluding hydrogens is 316 g/mol. The van der Waals surface area contributed by atoms with Crippen LogP contribution in [0.3, 0.4) is 0 Å². The number of rotatable bonds is 2. The fraction of sp³-hybridized carbons (Fsp3) is 0.235. The minimum absolute atomic E-state index is 0.0514. The van der Waals surface area contributed by atoms with Gasteiger partial charge in [0, 0.05) is 32.2 Å². The van der Waals surface area contributed by atoms with E-state index in [1.807, 2.05) is 17.0 Å². The van der Waals surface area contributed by atoms with Crippen LogP contribution in [0.25, 0.3) is 0 Å². The summed E-state index contributed by atoms with van der Waals surface area (Å²) in [6, 6.07) is 9.61. The van der Waals surface area contributed by atoms with Crippen molar-refractivity contribution < 1.29 is 18.7 Å². The summed E-state index contributed by atoms with van der Waals surface area (Å²) < 4.78 is 26.5. The molecule has 1 heterocycles. The Hall–Kier alpha value is -2.83. The summed E-state index contributed by atoms with van der Waals surface area (Å²) in [5, 5.41) is 12.3. The topological polar surface area (TPSA) is 55.8 Å². The number of phenolic OH excluding ortho intramolecular Hbond substituents is 1. The molecule has 1 fully saturated rings. The van der Waals surface area contributed by atoms with Crippen molar-refractivity contribution in [3.05, 3.63) is 54.1 Å². The van der Waals surface area contributed by atoms with Crippen molar-refractivity contribution in [3.8, 4) is 5.75 Å². The van der Waals surface area contributed by atoms with Gasteiger partial charge < -0.3 is 20.2 Å². The fourth-order valence-electron chi connectivity index (χ4n) is 2.67. The number of amides is 2. The molecule has 0 aliphatic carbocycles. The molecule has 0 bridgehead atoms. The first-order chi connectivity index (χ1) is 11.5. The van der Waals surface area contributed by atoms with Crippen molar-refractivity contribution in [2.75, 3.05) is 36.4 Å². The van der Waals surface area contributed by atoms with Gasteiger partial charge in [-0.05, 0) is 24.3 Å². The van der Waals surface area contributed by atoms with Crippen LogP contribution in [0, 0.1) is 11.6 Å². The summed E-state index contributed by atoms with van der Waals surface area (Å²) in [5.74, 6) is -1.30. The zero-order chi connectivity index (χ0) is 17.1. The summed E-state index contributed by atoms with van der Waals surface area (Å²) in [7, 11) is 0. The van der Waals surface area contributed by atoms with E-state index in [1.54, 1.807) is 17.0 Å². The Morgan fingerprint density at radius 2 is 1.75 bits per heavy atom. The number of piperazine rings is 1. The predicted molar refractivity (Wildman–Crippen MR) is 87.3 cm³/mol. The van der Waals surface area contributed by atoms with Crippen molar-refractivity contribution in [3.63, 3.8) is 0 Å². The molecule has 2 aromatic rings. The lowest BCUT2D eigenvalue weighted by atomic mass is 10.2. The minimum atomic E-state index is -0.809. The maximum atomic E-state index is 13.6. The summed E-state index contributed by atoms with van der Waals surface area (Å²) in [6.07, 6.45) is 0. The molecule has 126 valence electrons. The van der Waals surface area contributed by atoms with Gasteiger partial charge in [0.15, 0.2) is 0 Å². The van der Waals surface area contributed by atoms with Crippen molar-refractivity contribution in [2.24, 2.45) is 0 Å². The largest absolute Gasteiger partial charge is 0.506 e. The first-order valence-corrected chi connectivity index (χ1v) is 7.58. The van der Waals surface area contributed by atoms with Crippen molar-refractivity contribution in [1.29, 1.82) is 0 Å². The number of para-hydroxylation sites is 2. The quantitative estimate of drug-likeness (QED) is 0.888. The molecule has 7 heteroatoms. The summed E-state index contributed by atoms with van der Waals surface area (Å²) in [4.78, 5) is 15.7. The van der Waals surface area contributed by atoms with E-state index in [9.17, 15) is 18.7 Å². The lowest BCUT2D eigenvalue weighted by Crippen LogP contribution is -2.50. The SMILES string of the molecule is O=C(Nc1ccc(F)cc1F)N1CCN(c2ccccc2O)CC1. The number of nitrogens with one attached hydrogen (secondary N) is 1. The lowest BCUT2D eigenvalue weighted by Gasteiger charge is -2.36. The minimum Gasteiger partial charge on any atom is -0.506 e. The second kappa shape index (κ2) is 6.74. The highest BCUT2D eigenvalue weighted by molar-refractivity contribution is 5.89. The molecule has 2 amide bonds. The molecular formula is C17H17F2N3O2. The molecule has 1 aliphatic heterocycles. The molecule has 1 aliphatic rings. The number of halogens is 2. The van der Waals surface area contributed by atoms with Gasteiger partial charge in [0.1, 0.15) is 17.4 Å². The van der Waals surface area contributed by atoms with Gasteiger partial charge in [-0.25, -0.2) is 13.6 Å². The maximum Gasteiger partial charge on any atom is 0.322 e. The number of nitrogens with zero attached hydrogens (tertiary/aromatic N) is 2. The van der Waals surface area contributed by atoms with E-state index >= 15 is 0 Å². The summed E-state index contributed by atoms with van der Waals surface area (Å²) in [5.41, 5.74) is 0.673. The van der Waals surface area contributed by atoms with Crippen LogP contribution in [-0.4, -0.2) is 42.2 Å². The van der Waals surface area contributed by atoms with E-state index < -0.39 is 17.7 Å². The maximum absolute atomic E-state index is 13.6. The van der Waals surface area contributed by atoms with Gasteiger partial charge in [0.2, 0.25) is 0 Å². The first kappa shape index (κ1) is 16.0. The number of benzene rings is 2. The van der Waals surface area contributed by atoms with Gasteiger partial charge in [-0.15, -0.1) is 0 Å². The molecule has 3 rings (SSSR count). The number of aromatic hydroxyl groups is 1. The molecule has 0 atom stereocenters. The van der Waals surface area contributed by atoms with Gasteiger partial charge in [-0.1, -0.05) is 12.1 Å². The fourth-order valence-corrected chi connectivity index (χ4v) is 2.67. The molecule has 0 spiro atoms. The van der Waals surface area contributed by atoms with E-state index in [0.29, 0.717) is 26.2 Å². The van der Waals surface area contributed by atoms with Crippen molar-refractivity contribution in [2.45, 2.75) is 0 Å². The Morgan fingerprint density at radius 3 is 2.42 bits per heavy atom. The third-order valence-electron chi connectivity index (χ3n) is 3.96. The Bertz CT molecular complexity index is 746. The van der Waals surface area contributed by atoms with Crippen molar-refractivity contribution in [1.82, 2.24) is 4.90 Å². The van der Waals surface area contributed by atoms with Crippen LogP contribution in [0.5, 0.6) is 5.75 Å². The zero-order valence-corrected chi connectivity index (χ0v) is 12.9. The number of anilines is 2. The number of carbonyl (C=O) groups excluding carboxylic acids is 1. The third kappa shape index (κ3) is 3.40. The highest BCUT2D eigenvalue weighted by Crippen LogP contribution is 2.27. The van der Waals surface area contributed by atoms with Crippen LogP contribution in [0.15, 0.2) is 42.5 Å². The summed E-state index contributed by atoms with van der Waals surface area (Å²) in [6.45, 7) is 1.97. The van der Waals surface area contributed by atoms with Crippen LogP contribution >= 0.6 is 0 Å². The van der Waals surface area contributed by atoms with Gasteiger partial charge >= 0.3 is 6.03 Å². The van der Waals surface area contributed by atoms with Crippen molar-refractivity contribution >= 4 is 17.4 Å². The van der Waals surface area contributed by atoms with Crippen LogP contribution < -0.4 is 10.2 Å². The molecule has 0 saturated carbocycles. The molecule has 2 aromatic carbocycles. The Labute approximate surface area is 138 Å².